The molecule has 1 rings (SSSR count). The molecule has 1 aromatic carbocycles. The van der Waals surface area contributed by atoms with E-state index in [0.717, 1.165) is 18.0 Å². The van der Waals surface area contributed by atoms with Gasteiger partial charge in [0.05, 0.1) is 5.69 Å². The summed E-state index contributed by atoms with van der Waals surface area (Å²) in [6.07, 6.45) is 0. The highest BCUT2D eigenvalue weighted by Gasteiger charge is 2.03. The molecule has 0 unspecified atom stereocenters. The first-order valence-corrected chi connectivity index (χ1v) is 7.71. The van der Waals surface area contributed by atoms with Gasteiger partial charge in [-0.15, -0.1) is 0 Å². The number of benzene rings is 1. The van der Waals surface area contributed by atoms with Crippen LogP contribution in [0.5, 0.6) is 5.75 Å². The highest BCUT2D eigenvalue weighted by molar-refractivity contribution is 6.49. The minimum atomic E-state index is -1.03. The molecule has 78 valence electrons. The molecule has 0 amide bonds. The molecule has 0 bridgehead atoms. The summed E-state index contributed by atoms with van der Waals surface area (Å²) in [5.74, 6) is 0.947. The molecule has 0 radical (unpaired) electrons. The van der Waals surface area contributed by atoms with Crippen LogP contribution in [0.3, 0.4) is 0 Å². The van der Waals surface area contributed by atoms with Crippen molar-refractivity contribution in [2.75, 3.05) is 18.4 Å². The van der Waals surface area contributed by atoms with Crippen molar-refractivity contribution < 1.29 is 4.43 Å². The molecule has 14 heavy (non-hydrogen) atoms. The Morgan fingerprint density at radius 3 is 2.71 bits per heavy atom. The van der Waals surface area contributed by atoms with Gasteiger partial charge in [0.2, 0.25) is 9.04 Å². The number of hydrogen-bond donors (Lipinski definition) is 2. The summed E-state index contributed by atoms with van der Waals surface area (Å²) in [6, 6.07) is 7.99. The SMILES string of the molecule is C[SiH](C)Oc1ccccc1NCCN. The van der Waals surface area contributed by atoms with Gasteiger partial charge < -0.3 is 15.5 Å². The van der Waals surface area contributed by atoms with Gasteiger partial charge >= 0.3 is 0 Å². The van der Waals surface area contributed by atoms with E-state index < -0.39 is 9.04 Å². The number of anilines is 1. The monoisotopic (exact) mass is 210 g/mol. The summed E-state index contributed by atoms with van der Waals surface area (Å²) < 4.78 is 5.78. The Kier molecular flexibility index (Phi) is 4.48. The predicted molar refractivity (Wildman–Crippen MR) is 63.5 cm³/mol. The molecule has 3 nitrogen and oxygen atoms in total. The molecule has 0 fully saturated rings. The van der Waals surface area contributed by atoms with Crippen molar-refractivity contribution in [3.8, 4) is 5.75 Å². The molecule has 0 aliphatic carbocycles. The van der Waals surface area contributed by atoms with E-state index in [1.165, 1.54) is 0 Å². The van der Waals surface area contributed by atoms with Gasteiger partial charge in [0.25, 0.3) is 0 Å². The fourth-order valence-corrected chi connectivity index (χ4v) is 1.89. The Balaban J connectivity index is 2.69. The van der Waals surface area contributed by atoms with Crippen molar-refractivity contribution in [2.45, 2.75) is 13.1 Å². The van der Waals surface area contributed by atoms with Crippen LogP contribution < -0.4 is 15.5 Å². The molecule has 0 aliphatic heterocycles. The Hall–Kier alpha value is -1.00. The maximum absolute atomic E-state index is 5.78. The minimum absolute atomic E-state index is 0.632. The first kappa shape index (κ1) is 11.1. The summed E-state index contributed by atoms with van der Waals surface area (Å²) in [6.45, 7) is 5.72. The van der Waals surface area contributed by atoms with E-state index in [1.54, 1.807) is 0 Å². The smallest absolute Gasteiger partial charge is 0.229 e. The van der Waals surface area contributed by atoms with E-state index in [0.29, 0.717) is 6.54 Å². The van der Waals surface area contributed by atoms with Gasteiger partial charge in [-0.1, -0.05) is 12.1 Å². The Labute approximate surface area is 87.0 Å². The largest absolute Gasteiger partial charge is 0.546 e. The third-order valence-corrected chi connectivity index (χ3v) is 2.43. The van der Waals surface area contributed by atoms with E-state index in [4.69, 9.17) is 10.2 Å². The van der Waals surface area contributed by atoms with E-state index >= 15 is 0 Å². The highest BCUT2D eigenvalue weighted by Crippen LogP contribution is 2.23. The third-order valence-electron chi connectivity index (χ3n) is 1.71. The zero-order valence-corrected chi connectivity index (χ0v) is 9.94. The van der Waals surface area contributed by atoms with E-state index in [2.05, 4.69) is 18.4 Å². The highest BCUT2D eigenvalue weighted by atomic mass is 28.3. The molecular formula is C10H18N2OSi. The van der Waals surface area contributed by atoms with Gasteiger partial charge in [-0.05, 0) is 25.2 Å². The zero-order valence-electron chi connectivity index (χ0n) is 8.79. The number of hydrogen-bond acceptors (Lipinski definition) is 3. The van der Waals surface area contributed by atoms with Crippen LogP contribution in [0.2, 0.25) is 13.1 Å². The van der Waals surface area contributed by atoms with Crippen LogP contribution >= 0.6 is 0 Å². The van der Waals surface area contributed by atoms with E-state index in [9.17, 15) is 0 Å². The lowest BCUT2D eigenvalue weighted by atomic mass is 10.3. The van der Waals surface area contributed by atoms with Crippen molar-refractivity contribution in [2.24, 2.45) is 5.73 Å². The average Bonchev–Trinajstić information content (AvgIpc) is 2.16. The number of para-hydroxylation sites is 2. The summed E-state index contributed by atoms with van der Waals surface area (Å²) >= 11 is 0. The lowest BCUT2D eigenvalue weighted by molar-refractivity contribution is 0.582. The topological polar surface area (TPSA) is 47.3 Å². The molecule has 0 atom stereocenters. The van der Waals surface area contributed by atoms with E-state index in [1.807, 2.05) is 24.3 Å². The molecule has 0 spiro atoms. The molecule has 3 N–H and O–H groups in total. The van der Waals surface area contributed by atoms with Crippen LogP contribution in [0.25, 0.3) is 0 Å². The summed E-state index contributed by atoms with van der Waals surface area (Å²) in [4.78, 5) is 0. The molecule has 0 saturated heterocycles. The molecule has 0 aliphatic rings. The second kappa shape index (κ2) is 5.67. The Bertz CT molecular complexity index is 279. The van der Waals surface area contributed by atoms with Crippen LogP contribution in [-0.4, -0.2) is 22.1 Å². The van der Waals surface area contributed by atoms with E-state index in [-0.39, 0.29) is 0 Å². The van der Waals surface area contributed by atoms with Crippen LogP contribution in [0, 0.1) is 0 Å². The standard InChI is InChI=1S/C10H18N2OSi/c1-14(2)13-10-6-4-3-5-9(10)12-8-7-11/h3-6,12,14H,7-8,11H2,1-2H3. The van der Waals surface area contributed by atoms with Gasteiger partial charge in [0, 0.05) is 13.1 Å². The molecule has 0 aromatic heterocycles. The fourth-order valence-electron chi connectivity index (χ4n) is 1.18. The second-order valence-corrected chi connectivity index (χ2v) is 5.71. The predicted octanol–water partition coefficient (Wildman–Crippen LogP) is 1.42. The lowest BCUT2D eigenvalue weighted by Crippen LogP contribution is -2.16. The van der Waals surface area contributed by atoms with Gasteiger partial charge in [-0.2, -0.15) is 0 Å². The quantitative estimate of drug-likeness (QED) is 0.723. The molecule has 1 aromatic rings. The normalized spacial score (nSPS) is 10.3. The van der Waals surface area contributed by atoms with Gasteiger partial charge in [-0.25, -0.2) is 0 Å². The van der Waals surface area contributed by atoms with Gasteiger partial charge in [0.1, 0.15) is 5.75 Å². The number of nitrogens with two attached hydrogens (primary N) is 1. The maximum atomic E-state index is 5.78. The molecule has 0 saturated carbocycles. The van der Waals surface area contributed by atoms with Crippen LogP contribution in [0.15, 0.2) is 24.3 Å². The Morgan fingerprint density at radius 2 is 2.07 bits per heavy atom. The Morgan fingerprint density at radius 1 is 1.36 bits per heavy atom. The van der Waals surface area contributed by atoms with Crippen molar-refractivity contribution in [1.82, 2.24) is 0 Å². The summed E-state index contributed by atoms with van der Waals surface area (Å²) in [5, 5.41) is 3.24. The summed E-state index contributed by atoms with van der Waals surface area (Å²) in [5.41, 5.74) is 6.47. The molecule has 0 heterocycles. The van der Waals surface area contributed by atoms with Crippen LogP contribution in [-0.2, 0) is 0 Å². The van der Waals surface area contributed by atoms with Gasteiger partial charge in [-0.3, -0.25) is 0 Å². The van der Waals surface area contributed by atoms with Crippen molar-refractivity contribution in [1.29, 1.82) is 0 Å². The second-order valence-electron chi connectivity index (χ2n) is 3.38. The van der Waals surface area contributed by atoms with Crippen molar-refractivity contribution >= 4 is 14.7 Å². The van der Waals surface area contributed by atoms with Gasteiger partial charge in [0.15, 0.2) is 0 Å². The summed E-state index contributed by atoms with van der Waals surface area (Å²) in [7, 11) is -1.03. The number of rotatable bonds is 5. The maximum Gasteiger partial charge on any atom is 0.229 e. The zero-order chi connectivity index (χ0) is 10.4. The van der Waals surface area contributed by atoms with Crippen LogP contribution in [0.1, 0.15) is 0 Å². The van der Waals surface area contributed by atoms with Crippen LogP contribution in [0.4, 0.5) is 5.69 Å². The third kappa shape index (κ3) is 3.39. The first-order chi connectivity index (χ1) is 6.74. The van der Waals surface area contributed by atoms with Crippen molar-refractivity contribution in [3.63, 3.8) is 0 Å². The molecule has 4 heteroatoms. The number of nitrogens with one attached hydrogen (secondary N) is 1. The fraction of sp³-hybridized carbons (Fsp3) is 0.400. The minimum Gasteiger partial charge on any atom is -0.546 e. The molecular weight excluding hydrogens is 192 g/mol. The van der Waals surface area contributed by atoms with Crippen molar-refractivity contribution in [3.05, 3.63) is 24.3 Å². The first-order valence-electron chi connectivity index (χ1n) is 4.93. The lowest BCUT2D eigenvalue weighted by Gasteiger charge is -2.14. The average molecular weight is 210 g/mol.